The number of sulfonamides is 1. The van der Waals surface area contributed by atoms with Gasteiger partial charge in [0.1, 0.15) is 0 Å². The molecule has 136 valence electrons. The number of hydrogen-bond acceptors (Lipinski definition) is 5. The Kier molecular flexibility index (Phi) is 7.03. The Morgan fingerprint density at radius 1 is 1.04 bits per heavy atom. The van der Waals surface area contributed by atoms with Gasteiger partial charge in [0.15, 0.2) is 0 Å². The smallest absolute Gasteiger partial charge is 0.216 e. The minimum atomic E-state index is -3.30. The van der Waals surface area contributed by atoms with E-state index in [0.717, 1.165) is 5.69 Å². The van der Waals surface area contributed by atoms with Crippen LogP contribution in [0.15, 0.2) is 30.3 Å². The van der Waals surface area contributed by atoms with Gasteiger partial charge in [-0.1, -0.05) is 18.2 Å². The zero-order valence-electron chi connectivity index (χ0n) is 14.7. The Morgan fingerprint density at radius 3 is 2.25 bits per heavy atom. The Labute approximate surface area is 145 Å². The predicted octanol–water partition coefficient (Wildman–Crippen LogP) is 1.58. The molecule has 6 nitrogen and oxygen atoms in total. The number of benzene rings is 1. The third-order valence-corrected chi connectivity index (χ3v) is 6.02. The number of ether oxygens (including phenoxy) is 2. The molecule has 1 aromatic carbocycles. The van der Waals surface area contributed by atoms with Crippen molar-refractivity contribution >= 4 is 15.7 Å². The van der Waals surface area contributed by atoms with E-state index < -0.39 is 10.0 Å². The summed E-state index contributed by atoms with van der Waals surface area (Å²) in [7, 11) is -1.71. The average Bonchev–Trinajstić information content (AvgIpc) is 2.55. The van der Waals surface area contributed by atoms with Gasteiger partial charge in [-0.2, -0.15) is 4.31 Å². The van der Waals surface area contributed by atoms with Crippen molar-refractivity contribution in [3.63, 3.8) is 0 Å². The van der Waals surface area contributed by atoms with Gasteiger partial charge in [0, 0.05) is 38.0 Å². The highest BCUT2D eigenvalue weighted by molar-refractivity contribution is 7.89. The van der Waals surface area contributed by atoms with Gasteiger partial charge in [0.05, 0.1) is 25.6 Å². The molecule has 2 atom stereocenters. The van der Waals surface area contributed by atoms with Crippen molar-refractivity contribution in [3.8, 4) is 0 Å². The maximum Gasteiger partial charge on any atom is 0.216 e. The fourth-order valence-corrected chi connectivity index (χ4v) is 4.62. The first-order chi connectivity index (χ1) is 11.5. The summed E-state index contributed by atoms with van der Waals surface area (Å²) in [6, 6.07) is 10.4. The van der Waals surface area contributed by atoms with Gasteiger partial charge in [0.25, 0.3) is 0 Å². The largest absolute Gasteiger partial charge is 0.382 e. The summed E-state index contributed by atoms with van der Waals surface area (Å²) in [6.45, 7) is 6.23. The Hall–Kier alpha value is -1.15. The van der Waals surface area contributed by atoms with Crippen molar-refractivity contribution in [1.29, 1.82) is 0 Å². The molecule has 0 aliphatic carbocycles. The van der Waals surface area contributed by atoms with Gasteiger partial charge in [-0.05, 0) is 26.0 Å². The summed E-state index contributed by atoms with van der Waals surface area (Å²) in [4.78, 5) is 2.29. The molecule has 24 heavy (non-hydrogen) atoms. The van der Waals surface area contributed by atoms with Crippen molar-refractivity contribution < 1.29 is 17.9 Å². The fourth-order valence-electron chi connectivity index (χ4n) is 3.15. The first kappa shape index (κ1) is 19.2. The number of piperazine rings is 1. The zero-order chi connectivity index (χ0) is 17.6. The fraction of sp³-hybridized carbons (Fsp3) is 0.647. The van der Waals surface area contributed by atoms with Gasteiger partial charge in [-0.3, -0.25) is 0 Å². The number of nitrogens with zero attached hydrogens (tertiary/aromatic N) is 2. The third kappa shape index (κ3) is 4.92. The maximum absolute atomic E-state index is 12.5. The van der Waals surface area contributed by atoms with Crippen LogP contribution < -0.4 is 4.90 Å². The maximum atomic E-state index is 12.5. The molecule has 1 aliphatic rings. The van der Waals surface area contributed by atoms with E-state index in [0.29, 0.717) is 26.3 Å². The van der Waals surface area contributed by atoms with Crippen molar-refractivity contribution in [2.45, 2.75) is 25.9 Å². The van der Waals surface area contributed by atoms with Crippen molar-refractivity contribution in [3.05, 3.63) is 30.3 Å². The second kappa shape index (κ2) is 8.80. The van der Waals surface area contributed by atoms with Crippen LogP contribution in [0, 0.1) is 0 Å². The molecular formula is C17H28N2O4S. The van der Waals surface area contributed by atoms with Crippen LogP contribution in [0.1, 0.15) is 13.8 Å². The van der Waals surface area contributed by atoms with E-state index >= 15 is 0 Å². The van der Waals surface area contributed by atoms with Gasteiger partial charge in [0.2, 0.25) is 10.0 Å². The molecule has 0 saturated carbocycles. The van der Waals surface area contributed by atoms with E-state index in [1.165, 1.54) is 0 Å². The number of para-hydroxylation sites is 1. The lowest BCUT2D eigenvalue weighted by atomic mass is 10.1. The molecule has 0 spiro atoms. The Bertz CT molecular complexity index is 582. The van der Waals surface area contributed by atoms with Gasteiger partial charge in [-0.15, -0.1) is 0 Å². The number of methoxy groups -OCH3 is 1. The van der Waals surface area contributed by atoms with Crippen LogP contribution in [-0.4, -0.2) is 70.6 Å². The predicted molar refractivity (Wildman–Crippen MR) is 95.9 cm³/mol. The quantitative estimate of drug-likeness (QED) is 0.662. The van der Waals surface area contributed by atoms with Crippen LogP contribution >= 0.6 is 0 Å². The van der Waals surface area contributed by atoms with E-state index in [-0.39, 0.29) is 24.4 Å². The van der Waals surface area contributed by atoms with Crippen LogP contribution in [-0.2, 0) is 19.5 Å². The summed E-state index contributed by atoms with van der Waals surface area (Å²) >= 11 is 0. The standard InChI is InChI=1S/C17H28N2O4S/c1-15-13-18(24(20,21)12-11-23-10-9-22-3)14-16(2)19(15)17-7-5-4-6-8-17/h4-8,15-16H,9-14H2,1-3H3. The molecule has 1 aliphatic heterocycles. The first-order valence-electron chi connectivity index (χ1n) is 8.33. The van der Waals surface area contributed by atoms with Gasteiger partial charge < -0.3 is 14.4 Å². The third-order valence-electron chi connectivity index (χ3n) is 4.25. The summed E-state index contributed by atoms with van der Waals surface area (Å²) < 4.78 is 36.9. The highest BCUT2D eigenvalue weighted by atomic mass is 32.2. The highest BCUT2D eigenvalue weighted by Crippen LogP contribution is 2.25. The Morgan fingerprint density at radius 2 is 1.67 bits per heavy atom. The van der Waals surface area contributed by atoms with Crippen LogP contribution in [0.4, 0.5) is 5.69 Å². The van der Waals surface area contributed by atoms with E-state index in [1.54, 1.807) is 11.4 Å². The SMILES string of the molecule is COCCOCCS(=O)(=O)N1CC(C)N(c2ccccc2)C(C)C1. The van der Waals surface area contributed by atoms with E-state index in [9.17, 15) is 8.42 Å². The summed E-state index contributed by atoms with van der Waals surface area (Å²) in [5.74, 6) is 0.0154. The van der Waals surface area contributed by atoms with Crippen molar-refractivity contribution in [2.24, 2.45) is 0 Å². The molecule has 1 saturated heterocycles. The normalized spacial score (nSPS) is 22.7. The number of hydrogen-bond donors (Lipinski definition) is 0. The molecule has 0 amide bonds. The van der Waals surface area contributed by atoms with Gasteiger partial charge >= 0.3 is 0 Å². The molecule has 1 heterocycles. The van der Waals surface area contributed by atoms with Crippen LogP contribution in [0.3, 0.4) is 0 Å². The highest BCUT2D eigenvalue weighted by Gasteiger charge is 2.35. The second-order valence-corrected chi connectivity index (χ2v) is 8.27. The monoisotopic (exact) mass is 356 g/mol. The molecule has 0 radical (unpaired) electrons. The van der Waals surface area contributed by atoms with Crippen LogP contribution in [0.2, 0.25) is 0 Å². The minimum absolute atomic E-state index is 0.0154. The van der Waals surface area contributed by atoms with Crippen molar-refractivity contribution in [2.75, 3.05) is 50.7 Å². The topological polar surface area (TPSA) is 59.1 Å². The second-order valence-electron chi connectivity index (χ2n) is 6.18. The molecule has 0 aromatic heterocycles. The van der Waals surface area contributed by atoms with Crippen molar-refractivity contribution in [1.82, 2.24) is 4.31 Å². The molecule has 2 unspecified atom stereocenters. The molecule has 7 heteroatoms. The lowest BCUT2D eigenvalue weighted by molar-refractivity contribution is 0.0781. The Balaban J connectivity index is 1.95. The van der Waals surface area contributed by atoms with Gasteiger partial charge in [-0.25, -0.2) is 8.42 Å². The zero-order valence-corrected chi connectivity index (χ0v) is 15.5. The lowest BCUT2D eigenvalue weighted by Crippen LogP contribution is -2.58. The van der Waals surface area contributed by atoms with E-state index in [2.05, 4.69) is 30.9 Å². The summed E-state index contributed by atoms with van der Waals surface area (Å²) in [5, 5.41) is 0. The van der Waals surface area contributed by atoms with Crippen LogP contribution in [0.25, 0.3) is 0 Å². The molecule has 0 N–H and O–H groups in total. The lowest BCUT2D eigenvalue weighted by Gasteiger charge is -2.45. The first-order valence-corrected chi connectivity index (χ1v) is 9.94. The van der Waals surface area contributed by atoms with E-state index in [1.807, 2.05) is 18.2 Å². The molecule has 2 rings (SSSR count). The number of anilines is 1. The minimum Gasteiger partial charge on any atom is -0.382 e. The van der Waals surface area contributed by atoms with Crippen LogP contribution in [0.5, 0.6) is 0 Å². The molecule has 1 fully saturated rings. The average molecular weight is 356 g/mol. The molecule has 1 aromatic rings. The molecular weight excluding hydrogens is 328 g/mol. The van der Waals surface area contributed by atoms with E-state index in [4.69, 9.17) is 9.47 Å². The molecule has 0 bridgehead atoms. The summed E-state index contributed by atoms with van der Waals surface area (Å²) in [6.07, 6.45) is 0. The summed E-state index contributed by atoms with van der Waals surface area (Å²) in [5.41, 5.74) is 1.14. The number of rotatable bonds is 8.